The van der Waals surface area contributed by atoms with Crippen LogP contribution in [0.5, 0.6) is 0 Å². The second-order valence-electron chi connectivity index (χ2n) is 8.74. The van der Waals surface area contributed by atoms with Gasteiger partial charge in [0.15, 0.2) is 0 Å². The number of halogens is 3. The van der Waals surface area contributed by atoms with Crippen LogP contribution in [0.3, 0.4) is 0 Å². The van der Waals surface area contributed by atoms with E-state index in [-0.39, 0.29) is 11.8 Å². The highest BCUT2D eigenvalue weighted by molar-refractivity contribution is 9.10. The van der Waals surface area contributed by atoms with Crippen molar-refractivity contribution in [2.24, 2.45) is 5.92 Å². The fourth-order valence-corrected chi connectivity index (χ4v) is 5.04. The molecular weight excluding hydrogens is 513 g/mol. The molecule has 1 saturated carbocycles. The molecule has 1 atom stereocenters. The van der Waals surface area contributed by atoms with Crippen LogP contribution in [0, 0.1) is 5.92 Å². The van der Waals surface area contributed by atoms with Crippen molar-refractivity contribution in [3.05, 3.63) is 68.1 Å². The van der Waals surface area contributed by atoms with Crippen molar-refractivity contribution in [1.29, 1.82) is 0 Å². The van der Waals surface area contributed by atoms with Crippen LogP contribution in [0.2, 0.25) is 10.0 Å². The molecule has 1 heterocycles. The molecule has 1 aliphatic carbocycles. The van der Waals surface area contributed by atoms with Crippen LogP contribution in [0.1, 0.15) is 24.0 Å². The van der Waals surface area contributed by atoms with E-state index in [0.717, 1.165) is 28.7 Å². The van der Waals surface area contributed by atoms with Gasteiger partial charge in [0.05, 0.1) is 5.41 Å². The summed E-state index contributed by atoms with van der Waals surface area (Å²) in [5.74, 6) is 0.230. The molecule has 0 radical (unpaired) electrons. The highest BCUT2D eigenvalue weighted by Crippen LogP contribution is 2.52. The highest BCUT2D eigenvalue weighted by atomic mass is 79.9. The Morgan fingerprint density at radius 2 is 1.88 bits per heavy atom. The van der Waals surface area contributed by atoms with Gasteiger partial charge in [-0.05, 0) is 48.2 Å². The van der Waals surface area contributed by atoms with E-state index < -0.39 is 11.5 Å². The van der Waals surface area contributed by atoms with Gasteiger partial charge >= 0.3 is 0 Å². The molecule has 2 aromatic carbocycles. The van der Waals surface area contributed by atoms with Gasteiger partial charge in [-0.15, -0.1) is 0 Å². The van der Waals surface area contributed by atoms with Crippen LogP contribution in [0.4, 0.5) is 0 Å². The lowest BCUT2D eigenvalue weighted by atomic mass is 9.92. The molecule has 2 aliphatic rings. The summed E-state index contributed by atoms with van der Waals surface area (Å²) in [7, 11) is 1.72. The smallest absolute Gasteiger partial charge is 0.243 e. The average molecular weight is 539 g/mol. The van der Waals surface area contributed by atoms with E-state index in [1.54, 1.807) is 24.1 Å². The van der Waals surface area contributed by atoms with Crippen molar-refractivity contribution in [2.75, 3.05) is 26.7 Å². The maximum Gasteiger partial charge on any atom is 0.243 e. The van der Waals surface area contributed by atoms with E-state index in [9.17, 15) is 9.59 Å². The van der Waals surface area contributed by atoms with Gasteiger partial charge in [0, 0.05) is 53.5 Å². The predicted molar refractivity (Wildman–Crippen MR) is 131 cm³/mol. The molecule has 8 heteroatoms. The summed E-state index contributed by atoms with van der Waals surface area (Å²) in [6, 6.07) is 12.5. The molecule has 2 aromatic rings. The molecule has 2 N–H and O–H groups in total. The summed E-state index contributed by atoms with van der Waals surface area (Å²) in [6.45, 7) is 2.42. The normalized spacial score (nSPS) is 17.9. The number of nitrogens with zero attached hydrogens (tertiary/aromatic N) is 1. The van der Waals surface area contributed by atoms with Crippen LogP contribution >= 0.6 is 39.1 Å². The van der Waals surface area contributed by atoms with Crippen LogP contribution in [-0.4, -0.2) is 49.4 Å². The lowest BCUT2D eigenvalue weighted by Gasteiger charge is -2.33. The third-order valence-electron chi connectivity index (χ3n) is 6.47. The molecule has 2 fully saturated rings. The zero-order valence-corrected chi connectivity index (χ0v) is 20.9. The summed E-state index contributed by atoms with van der Waals surface area (Å²) in [6.07, 6.45) is 1.85. The lowest BCUT2D eigenvalue weighted by molar-refractivity contribution is -0.141. The van der Waals surface area contributed by atoms with Crippen molar-refractivity contribution in [2.45, 2.75) is 30.7 Å². The van der Waals surface area contributed by atoms with Gasteiger partial charge in [-0.25, -0.2) is 0 Å². The van der Waals surface area contributed by atoms with E-state index in [1.807, 2.05) is 30.3 Å². The first-order valence-corrected chi connectivity index (χ1v) is 12.3. The van der Waals surface area contributed by atoms with Gasteiger partial charge in [-0.1, -0.05) is 57.3 Å². The summed E-state index contributed by atoms with van der Waals surface area (Å²) in [5.41, 5.74) is 1.09. The van der Waals surface area contributed by atoms with Gasteiger partial charge < -0.3 is 15.5 Å². The Kier molecular flexibility index (Phi) is 7.15. The van der Waals surface area contributed by atoms with Crippen molar-refractivity contribution >= 4 is 50.9 Å². The van der Waals surface area contributed by atoms with E-state index in [0.29, 0.717) is 41.8 Å². The molecular formula is C24H26BrCl2N3O2. The van der Waals surface area contributed by atoms with E-state index >= 15 is 0 Å². The predicted octanol–water partition coefficient (Wildman–Crippen LogP) is 4.19. The summed E-state index contributed by atoms with van der Waals surface area (Å²) >= 11 is 16.0. The summed E-state index contributed by atoms with van der Waals surface area (Å²) in [4.78, 5) is 28.5. The third-order valence-corrected chi connectivity index (χ3v) is 7.55. The second kappa shape index (κ2) is 9.72. The first-order valence-electron chi connectivity index (χ1n) is 10.8. The largest absolute Gasteiger partial charge is 0.354 e. The third kappa shape index (κ3) is 4.98. The minimum atomic E-state index is -0.688. The molecule has 32 heavy (non-hydrogen) atoms. The maximum atomic E-state index is 13.7. The molecule has 1 aliphatic heterocycles. The molecule has 0 aromatic heterocycles. The number of rotatable bonds is 8. The molecule has 2 amide bonds. The zero-order valence-electron chi connectivity index (χ0n) is 17.8. The molecule has 4 rings (SSSR count). The molecule has 1 saturated heterocycles. The molecule has 5 nitrogen and oxygen atoms in total. The number of carbonyl (C=O) groups excluding carboxylic acids is 2. The number of hydrogen-bond donors (Lipinski definition) is 2. The van der Waals surface area contributed by atoms with Crippen LogP contribution in [-0.2, 0) is 21.4 Å². The van der Waals surface area contributed by atoms with Crippen LogP contribution in [0.15, 0.2) is 46.9 Å². The average Bonchev–Trinajstić information content (AvgIpc) is 3.52. The Bertz CT molecular complexity index is 1010. The Morgan fingerprint density at radius 1 is 1.19 bits per heavy atom. The quantitative estimate of drug-likeness (QED) is 0.529. The van der Waals surface area contributed by atoms with Crippen LogP contribution < -0.4 is 10.6 Å². The highest BCUT2D eigenvalue weighted by Gasteiger charge is 2.54. The number of hydrogen-bond acceptors (Lipinski definition) is 3. The molecule has 170 valence electrons. The van der Waals surface area contributed by atoms with E-state index in [2.05, 4.69) is 26.6 Å². The van der Waals surface area contributed by atoms with Crippen molar-refractivity contribution in [3.8, 4) is 0 Å². The number of benzene rings is 2. The van der Waals surface area contributed by atoms with Crippen LogP contribution in [0.25, 0.3) is 0 Å². The number of carbonyl (C=O) groups is 2. The zero-order chi connectivity index (χ0) is 22.9. The minimum absolute atomic E-state index is 0.0794. The molecule has 0 bridgehead atoms. The van der Waals surface area contributed by atoms with Crippen molar-refractivity contribution in [3.63, 3.8) is 0 Å². The van der Waals surface area contributed by atoms with Crippen molar-refractivity contribution in [1.82, 2.24) is 15.5 Å². The van der Waals surface area contributed by atoms with E-state index in [1.165, 1.54) is 0 Å². The topological polar surface area (TPSA) is 61.4 Å². The van der Waals surface area contributed by atoms with Gasteiger partial charge in [-0.2, -0.15) is 0 Å². The number of likely N-dealkylation sites (N-methyl/N-ethyl adjacent to an activating group) is 1. The second-order valence-corrected chi connectivity index (χ2v) is 10.5. The minimum Gasteiger partial charge on any atom is -0.354 e. The number of nitrogens with one attached hydrogen (secondary N) is 2. The maximum absolute atomic E-state index is 13.7. The standard InChI is InChI=1S/C24H26BrCl2N3O2/c1-30(23(32)24(8-9-24)19-7-6-18(26)11-20(19)27)21(10-15-2-4-17(25)5-3-15)22(31)29-14-16-12-28-13-16/h2-7,11,16,21,28H,8-10,12-14H2,1H3,(H,29,31)/t21-/m0/s1. The van der Waals surface area contributed by atoms with Gasteiger partial charge in [0.1, 0.15) is 6.04 Å². The molecule has 0 spiro atoms. The fourth-order valence-electron chi connectivity index (χ4n) is 4.18. The molecule has 0 unspecified atom stereocenters. The monoisotopic (exact) mass is 537 g/mol. The van der Waals surface area contributed by atoms with Gasteiger partial charge in [-0.3, -0.25) is 9.59 Å². The summed E-state index contributed by atoms with van der Waals surface area (Å²) < 4.78 is 0.971. The SMILES string of the molecule is CN(C(=O)C1(c2ccc(Cl)cc2Cl)CC1)[C@@H](Cc1ccc(Br)cc1)C(=O)NCC1CNC1. The Labute approximate surface area is 207 Å². The fraction of sp³-hybridized carbons (Fsp3) is 0.417. The first kappa shape index (κ1) is 23.6. The van der Waals surface area contributed by atoms with Gasteiger partial charge in [0.25, 0.3) is 0 Å². The lowest BCUT2D eigenvalue weighted by Crippen LogP contribution is -2.54. The Morgan fingerprint density at radius 3 is 2.44 bits per heavy atom. The van der Waals surface area contributed by atoms with Gasteiger partial charge in [0.2, 0.25) is 11.8 Å². The Hall–Kier alpha value is -1.60. The Balaban J connectivity index is 1.56. The first-order chi connectivity index (χ1) is 15.3. The van der Waals surface area contributed by atoms with Crippen molar-refractivity contribution < 1.29 is 9.59 Å². The summed E-state index contributed by atoms with van der Waals surface area (Å²) in [5, 5.41) is 7.30. The number of amides is 2. The van der Waals surface area contributed by atoms with E-state index in [4.69, 9.17) is 23.2 Å².